The van der Waals surface area contributed by atoms with Crippen molar-refractivity contribution >= 4 is 0 Å². The van der Waals surface area contributed by atoms with Crippen LogP contribution in [0.2, 0.25) is 0 Å². The molecule has 0 radical (unpaired) electrons. The van der Waals surface area contributed by atoms with Gasteiger partial charge in [-0.3, -0.25) is 0 Å². The Balaban J connectivity index is 1.94. The molecule has 0 spiro atoms. The van der Waals surface area contributed by atoms with Crippen LogP contribution in [0.4, 0.5) is 4.39 Å². The van der Waals surface area contributed by atoms with E-state index in [2.05, 4.69) is 19.0 Å². The van der Waals surface area contributed by atoms with E-state index >= 15 is 0 Å². The first kappa shape index (κ1) is 13.9. The maximum atomic E-state index is 14.2. The van der Waals surface area contributed by atoms with Gasteiger partial charge in [-0.2, -0.15) is 0 Å². The predicted molar refractivity (Wildman–Crippen MR) is 78.3 cm³/mol. The summed E-state index contributed by atoms with van der Waals surface area (Å²) in [4.78, 5) is 2.22. The van der Waals surface area contributed by atoms with E-state index in [1.165, 1.54) is 31.4 Å². The first-order chi connectivity index (χ1) is 9.54. The van der Waals surface area contributed by atoms with E-state index in [1.54, 1.807) is 6.07 Å². The lowest BCUT2D eigenvalue weighted by atomic mass is 9.69. The van der Waals surface area contributed by atoms with Gasteiger partial charge in [0.2, 0.25) is 0 Å². The maximum Gasteiger partial charge on any atom is 0.126 e. The van der Waals surface area contributed by atoms with E-state index in [0.717, 1.165) is 30.4 Å². The average Bonchev–Trinajstić information content (AvgIpc) is 2.79. The molecular formula is C17H24FNO. The summed E-state index contributed by atoms with van der Waals surface area (Å²) in [5.41, 5.74) is 0.730. The molecule has 2 aliphatic carbocycles. The van der Waals surface area contributed by atoms with Crippen LogP contribution in [0.1, 0.15) is 37.2 Å². The molecule has 2 aliphatic rings. The summed E-state index contributed by atoms with van der Waals surface area (Å²) in [5, 5.41) is 9.71. The van der Waals surface area contributed by atoms with Crippen molar-refractivity contribution in [1.82, 2.24) is 4.90 Å². The topological polar surface area (TPSA) is 23.5 Å². The molecule has 1 aromatic carbocycles. The average molecular weight is 277 g/mol. The highest BCUT2D eigenvalue weighted by Gasteiger charge is 2.43. The summed E-state index contributed by atoms with van der Waals surface area (Å²) in [6.07, 6.45) is 4.98. The Kier molecular flexibility index (Phi) is 3.72. The van der Waals surface area contributed by atoms with Gasteiger partial charge in [-0.25, -0.2) is 4.39 Å². The predicted octanol–water partition coefficient (Wildman–Crippen LogP) is 3.61. The van der Waals surface area contributed by atoms with Crippen LogP contribution < -0.4 is 0 Å². The maximum absolute atomic E-state index is 14.2. The summed E-state index contributed by atoms with van der Waals surface area (Å²) >= 11 is 0. The van der Waals surface area contributed by atoms with Crippen molar-refractivity contribution < 1.29 is 9.50 Å². The number of halogens is 1. The molecule has 110 valence electrons. The third-order valence-corrected chi connectivity index (χ3v) is 5.25. The Bertz CT molecular complexity index is 488. The molecule has 0 saturated heterocycles. The fourth-order valence-corrected chi connectivity index (χ4v) is 4.45. The van der Waals surface area contributed by atoms with E-state index < -0.39 is 0 Å². The normalized spacial score (nSPS) is 32.8. The van der Waals surface area contributed by atoms with E-state index in [4.69, 9.17) is 0 Å². The van der Waals surface area contributed by atoms with Gasteiger partial charge >= 0.3 is 0 Å². The quantitative estimate of drug-likeness (QED) is 0.912. The zero-order valence-corrected chi connectivity index (χ0v) is 12.3. The summed E-state index contributed by atoms with van der Waals surface area (Å²) < 4.78 is 14.2. The molecule has 0 aliphatic heterocycles. The summed E-state index contributed by atoms with van der Waals surface area (Å²) in [6, 6.07) is 4.50. The third-order valence-electron chi connectivity index (χ3n) is 5.25. The van der Waals surface area contributed by atoms with Gasteiger partial charge in [0.05, 0.1) is 0 Å². The van der Waals surface area contributed by atoms with Crippen molar-refractivity contribution in [3.8, 4) is 5.75 Å². The zero-order valence-electron chi connectivity index (χ0n) is 12.3. The number of fused-ring (bicyclic) bond motifs is 2. The van der Waals surface area contributed by atoms with Gasteiger partial charge in [-0.15, -0.1) is 0 Å². The highest BCUT2D eigenvalue weighted by Crippen LogP contribution is 2.52. The smallest absolute Gasteiger partial charge is 0.126 e. The largest absolute Gasteiger partial charge is 0.508 e. The van der Waals surface area contributed by atoms with Gasteiger partial charge in [0.1, 0.15) is 11.6 Å². The molecule has 20 heavy (non-hydrogen) atoms. The molecule has 1 aromatic rings. The Labute approximate surface area is 120 Å². The van der Waals surface area contributed by atoms with Crippen LogP contribution in [-0.2, 0) is 0 Å². The summed E-state index contributed by atoms with van der Waals surface area (Å²) in [6.45, 7) is 1.01. The Morgan fingerprint density at radius 1 is 1.25 bits per heavy atom. The van der Waals surface area contributed by atoms with Crippen molar-refractivity contribution in [2.45, 2.75) is 31.6 Å². The lowest BCUT2D eigenvalue weighted by Gasteiger charge is -2.38. The fourth-order valence-electron chi connectivity index (χ4n) is 4.45. The molecule has 2 saturated carbocycles. The molecule has 3 heteroatoms. The van der Waals surface area contributed by atoms with Crippen LogP contribution in [0, 0.1) is 23.6 Å². The number of hydrogen-bond acceptors (Lipinski definition) is 2. The number of rotatable bonds is 3. The number of aromatic hydroxyl groups is 1. The number of phenolic OH excluding ortho intramolecular Hbond substituents is 1. The summed E-state index contributed by atoms with van der Waals surface area (Å²) in [7, 11) is 4.19. The van der Waals surface area contributed by atoms with Gasteiger partial charge in [0.15, 0.2) is 0 Å². The van der Waals surface area contributed by atoms with Crippen LogP contribution in [0.15, 0.2) is 18.2 Å². The molecule has 2 bridgehead atoms. The first-order valence-corrected chi connectivity index (χ1v) is 7.67. The van der Waals surface area contributed by atoms with Crippen molar-refractivity contribution in [2.75, 3.05) is 20.6 Å². The molecule has 3 rings (SSSR count). The second-order valence-electron chi connectivity index (χ2n) is 6.91. The van der Waals surface area contributed by atoms with Crippen LogP contribution in [0.25, 0.3) is 0 Å². The lowest BCUT2D eigenvalue weighted by Crippen LogP contribution is -2.34. The van der Waals surface area contributed by atoms with E-state index in [9.17, 15) is 9.50 Å². The minimum atomic E-state index is -0.155. The van der Waals surface area contributed by atoms with Crippen LogP contribution in [0.5, 0.6) is 5.75 Å². The SMILES string of the molecule is CN(C)CC1C2CCC(C2)CC1c1cc(O)ccc1F. The minimum absolute atomic E-state index is 0.155. The third kappa shape index (κ3) is 2.56. The van der Waals surface area contributed by atoms with Gasteiger partial charge in [-0.1, -0.05) is 6.42 Å². The number of phenols is 1. The van der Waals surface area contributed by atoms with E-state index in [-0.39, 0.29) is 17.5 Å². The molecule has 4 unspecified atom stereocenters. The van der Waals surface area contributed by atoms with Crippen molar-refractivity contribution in [2.24, 2.45) is 17.8 Å². The fraction of sp³-hybridized carbons (Fsp3) is 0.647. The van der Waals surface area contributed by atoms with Crippen LogP contribution >= 0.6 is 0 Å². The molecule has 0 heterocycles. The Hall–Kier alpha value is -1.09. The highest BCUT2D eigenvalue weighted by atomic mass is 19.1. The van der Waals surface area contributed by atoms with E-state index in [0.29, 0.717) is 5.92 Å². The van der Waals surface area contributed by atoms with Crippen molar-refractivity contribution in [3.63, 3.8) is 0 Å². The second-order valence-corrected chi connectivity index (χ2v) is 6.91. The zero-order chi connectivity index (χ0) is 14.3. The van der Waals surface area contributed by atoms with E-state index in [1.807, 2.05) is 0 Å². The molecule has 0 aromatic heterocycles. The number of benzene rings is 1. The van der Waals surface area contributed by atoms with Gasteiger partial charge < -0.3 is 10.0 Å². The molecular weight excluding hydrogens is 253 g/mol. The van der Waals surface area contributed by atoms with Gasteiger partial charge in [-0.05, 0) is 80.8 Å². The Morgan fingerprint density at radius 3 is 2.80 bits per heavy atom. The molecule has 1 N–H and O–H groups in total. The molecule has 2 fully saturated rings. The summed E-state index contributed by atoms with van der Waals surface area (Å²) in [5.74, 6) is 2.28. The first-order valence-electron chi connectivity index (χ1n) is 7.67. The molecule has 0 amide bonds. The minimum Gasteiger partial charge on any atom is -0.508 e. The van der Waals surface area contributed by atoms with Gasteiger partial charge in [0.25, 0.3) is 0 Å². The van der Waals surface area contributed by atoms with Crippen molar-refractivity contribution in [1.29, 1.82) is 0 Å². The highest BCUT2D eigenvalue weighted by molar-refractivity contribution is 5.32. The molecule has 4 atom stereocenters. The van der Waals surface area contributed by atoms with Crippen LogP contribution in [-0.4, -0.2) is 30.6 Å². The molecule has 2 nitrogen and oxygen atoms in total. The van der Waals surface area contributed by atoms with Crippen molar-refractivity contribution in [3.05, 3.63) is 29.6 Å². The van der Waals surface area contributed by atoms with Gasteiger partial charge in [0, 0.05) is 6.54 Å². The monoisotopic (exact) mass is 277 g/mol. The second kappa shape index (κ2) is 5.36. The Morgan fingerprint density at radius 2 is 2.05 bits per heavy atom. The van der Waals surface area contributed by atoms with Crippen LogP contribution in [0.3, 0.4) is 0 Å². The lowest BCUT2D eigenvalue weighted by molar-refractivity contribution is 0.162. The number of nitrogens with zero attached hydrogens (tertiary/aromatic N) is 1. The number of hydrogen-bond donors (Lipinski definition) is 1. The standard InChI is InChI=1S/C17H24FNO/c1-19(2)10-16-12-4-3-11(7-12)8-14(16)15-9-13(20)5-6-17(15)18/h5-6,9,11-12,14,16,20H,3-4,7-8,10H2,1-2H3.